The Kier molecular flexibility index (Phi) is 3.60. The van der Waals surface area contributed by atoms with E-state index in [9.17, 15) is 9.59 Å². The molecule has 1 N–H and O–H groups in total. The molecule has 0 unspecified atom stereocenters. The van der Waals surface area contributed by atoms with Crippen LogP contribution in [0, 0.1) is 0 Å². The minimum atomic E-state index is -0.674. The molecule has 1 aromatic rings. The molecule has 0 atom stereocenters. The fourth-order valence-corrected chi connectivity index (χ4v) is 0.711. The molecule has 1 heterocycles. The highest BCUT2D eigenvalue weighted by Crippen LogP contribution is 1.94. The second-order valence-corrected chi connectivity index (χ2v) is 2.48. The molecule has 0 aromatic carbocycles. The van der Waals surface area contributed by atoms with Crippen molar-refractivity contribution in [3.05, 3.63) is 30.1 Å². The molecule has 5 nitrogen and oxygen atoms in total. The number of carbonyl (C=O) groups excluding carboxylic acids is 2. The van der Waals surface area contributed by atoms with Gasteiger partial charge in [0.2, 0.25) is 0 Å². The Labute approximate surface area is 81.1 Å². The quantitative estimate of drug-likeness (QED) is 0.703. The van der Waals surface area contributed by atoms with Crippen LogP contribution in [0.25, 0.3) is 0 Å². The summed E-state index contributed by atoms with van der Waals surface area (Å²) in [7, 11) is 0. The molecule has 0 radical (unpaired) electrons. The van der Waals surface area contributed by atoms with Gasteiger partial charge in [-0.25, -0.2) is 9.78 Å². The number of aromatic nitrogens is 1. The molecule has 5 heteroatoms. The Morgan fingerprint density at radius 2 is 2.29 bits per heavy atom. The first-order valence-electron chi connectivity index (χ1n) is 4.15. The van der Waals surface area contributed by atoms with Crippen molar-refractivity contribution in [3.63, 3.8) is 0 Å². The maximum atomic E-state index is 11.2. The summed E-state index contributed by atoms with van der Waals surface area (Å²) in [6.07, 6.45) is 1.73. The van der Waals surface area contributed by atoms with E-state index in [2.05, 4.69) is 9.82 Å². The molecular formula is C9H10N2O3. The predicted molar refractivity (Wildman–Crippen MR) is 48.1 cm³/mol. The molecule has 0 bridgehead atoms. The summed E-state index contributed by atoms with van der Waals surface area (Å²) >= 11 is 0. The minimum absolute atomic E-state index is 0.156. The van der Waals surface area contributed by atoms with Crippen molar-refractivity contribution < 1.29 is 14.4 Å². The molecule has 74 valence electrons. The van der Waals surface area contributed by atoms with E-state index in [-0.39, 0.29) is 18.0 Å². The number of carbonyl (C=O) groups is 2. The summed E-state index contributed by atoms with van der Waals surface area (Å²) in [5, 5.41) is 0. The maximum absolute atomic E-state index is 11.2. The number of amides is 1. The van der Waals surface area contributed by atoms with Gasteiger partial charge in [-0.05, 0) is 12.1 Å². The van der Waals surface area contributed by atoms with E-state index in [4.69, 9.17) is 0 Å². The molecule has 14 heavy (non-hydrogen) atoms. The van der Waals surface area contributed by atoms with E-state index < -0.39 is 5.97 Å². The molecule has 0 spiro atoms. The first-order chi connectivity index (χ1) is 6.74. The summed E-state index contributed by atoms with van der Waals surface area (Å²) < 4.78 is 0. The highest BCUT2D eigenvalue weighted by atomic mass is 16.7. The van der Waals surface area contributed by atoms with Crippen molar-refractivity contribution >= 4 is 11.9 Å². The Morgan fingerprint density at radius 1 is 1.50 bits per heavy atom. The van der Waals surface area contributed by atoms with Crippen LogP contribution < -0.4 is 5.48 Å². The van der Waals surface area contributed by atoms with Crippen molar-refractivity contribution in [1.29, 1.82) is 0 Å². The first-order valence-corrected chi connectivity index (χ1v) is 4.15. The van der Waals surface area contributed by atoms with Crippen molar-refractivity contribution in [2.24, 2.45) is 0 Å². The highest BCUT2D eigenvalue weighted by Gasteiger charge is 2.08. The van der Waals surface area contributed by atoms with E-state index in [1.807, 2.05) is 5.48 Å². The number of pyridine rings is 1. The van der Waals surface area contributed by atoms with Crippen LogP contribution in [-0.4, -0.2) is 16.9 Å². The molecule has 1 amide bonds. The lowest BCUT2D eigenvalue weighted by Crippen LogP contribution is -2.26. The van der Waals surface area contributed by atoms with Gasteiger partial charge >= 0.3 is 5.97 Å². The SMILES string of the molecule is CCC(=O)NOC(=O)c1ccccn1. The largest absolute Gasteiger partial charge is 0.381 e. The Morgan fingerprint density at radius 3 is 2.86 bits per heavy atom. The third-order valence-electron chi connectivity index (χ3n) is 1.45. The molecule has 0 aliphatic heterocycles. The first kappa shape index (κ1) is 10.2. The predicted octanol–water partition coefficient (Wildman–Crippen LogP) is 0.680. The molecular weight excluding hydrogens is 184 g/mol. The van der Waals surface area contributed by atoms with Crippen LogP contribution >= 0.6 is 0 Å². The van der Waals surface area contributed by atoms with Crippen LogP contribution in [0.3, 0.4) is 0 Å². The average molecular weight is 194 g/mol. The topological polar surface area (TPSA) is 68.3 Å². The highest BCUT2D eigenvalue weighted by molar-refractivity contribution is 5.88. The summed E-state index contributed by atoms with van der Waals surface area (Å²) in [5.74, 6) is -1.03. The number of hydrogen-bond acceptors (Lipinski definition) is 4. The molecule has 0 saturated heterocycles. The van der Waals surface area contributed by atoms with Gasteiger partial charge in [-0.2, -0.15) is 5.48 Å². The van der Waals surface area contributed by atoms with Gasteiger partial charge in [-0.3, -0.25) is 4.79 Å². The average Bonchev–Trinajstić information content (AvgIpc) is 2.26. The zero-order valence-electron chi connectivity index (χ0n) is 7.69. The zero-order chi connectivity index (χ0) is 10.4. The fourth-order valence-electron chi connectivity index (χ4n) is 0.711. The van der Waals surface area contributed by atoms with Gasteiger partial charge in [0, 0.05) is 12.6 Å². The van der Waals surface area contributed by atoms with Crippen molar-refractivity contribution in [3.8, 4) is 0 Å². The second-order valence-electron chi connectivity index (χ2n) is 2.48. The van der Waals surface area contributed by atoms with E-state index in [1.165, 1.54) is 12.3 Å². The van der Waals surface area contributed by atoms with Gasteiger partial charge < -0.3 is 4.84 Å². The lowest BCUT2D eigenvalue weighted by Gasteiger charge is -2.02. The number of hydrogen-bond donors (Lipinski definition) is 1. The van der Waals surface area contributed by atoms with Gasteiger partial charge in [0.25, 0.3) is 5.91 Å². The van der Waals surface area contributed by atoms with Crippen LogP contribution in [0.2, 0.25) is 0 Å². The van der Waals surface area contributed by atoms with E-state index in [1.54, 1.807) is 19.1 Å². The fraction of sp³-hybridized carbons (Fsp3) is 0.222. The molecule has 0 saturated carbocycles. The minimum Gasteiger partial charge on any atom is -0.334 e. The van der Waals surface area contributed by atoms with E-state index in [0.717, 1.165) is 0 Å². The normalized spacial score (nSPS) is 9.21. The Hall–Kier alpha value is -1.91. The van der Waals surface area contributed by atoms with Crippen LogP contribution in [0.4, 0.5) is 0 Å². The monoisotopic (exact) mass is 194 g/mol. The summed E-state index contributed by atoms with van der Waals surface area (Å²) in [6.45, 7) is 1.66. The Bertz CT molecular complexity index is 324. The van der Waals surface area contributed by atoms with E-state index in [0.29, 0.717) is 0 Å². The third kappa shape index (κ3) is 2.85. The van der Waals surface area contributed by atoms with Gasteiger partial charge in [0.1, 0.15) is 0 Å². The molecule has 1 aromatic heterocycles. The van der Waals surface area contributed by atoms with Gasteiger partial charge in [0.15, 0.2) is 5.69 Å². The summed E-state index contributed by atoms with van der Waals surface area (Å²) in [4.78, 5) is 30.1. The molecule has 0 fully saturated rings. The standard InChI is InChI=1S/C9H10N2O3/c1-2-8(12)11-14-9(13)7-5-3-4-6-10-7/h3-6H,2H2,1H3,(H,11,12). The van der Waals surface area contributed by atoms with Crippen molar-refractivity contribution in [2.75, 3.05) is 0 Å². The number of hydroxylamine groups is 1. The zero-order valence-corrected chi connectivity index (χ0v) is 7.69. The number of rotatable bonds is 2. The van der Waals surface area contributed by atoms with E-state index >= 15 is 0 Å². The van der Waals surface area contributed by atoms with Gasteiger partial charge in [0.05, 0.1) is 0 Å². The van der Waals surface area contributed by atoms with Crippen molar-refractivity contribution in [1.82, 2.24) is 10.5 Å². The van der Waals surface area contributed by atoms with Crippen LogP contribution in [0.5, 0.6) is 0 Å². The lowest BCUT2D eigenvalue weighted by molar-refractivity contribution is -0.129. The smallest absolute Gasteiger partial charge is 0.334 e. The van der Waals surface area contributed by atoms with Crippen LogP contribution in [0.1, 0.15) is 23.8 Å². The molecule has 0 aliphatic rings. The van der Waals surface area contributed by atoms with Crippen LogP contribution in [-0.2, 0) is 9.63 Å². The third-order valence-corrected chi connectivity index (χ3v) is 1.45. The summed E-state index contributed by atoms with van der Waals surface area (Å²) in [5.41, 5.74) is 2.16. The maximum Gasteiger partial charge on any atom is 0.381 e. The number of nitrogens with one attached hydrogen (secondary N) is 1. The second kappa shape index (κ2) is 4.96. The lowest BCUT2D eigenvalue weighted by atomic mass is 10.4. The Balaban J connectivity index is 2.48. The van der Waals surface area contributed by atoms with Crippen LogP contribution in [0.15, 0.2) is 24.4 Å². The molecule has 0 aliphatic carbocycles. The van der Waals surface area contributed by atoms with Gasteiger partial charge in [-0.15, -0.1) is 0 Å². The molecule has 1 rings (SSSR count). The summed E-state index contributed by atoms with van der Waals surface area (Å²) in [6, 6.07) is 4.84. The number of nitrogens with zero attached hydrogens (tertiary/aromatic N) is 1. The van der Waals surface area contributed by atoms with Crippen molar-refractivity contribution in [2.45, 2.75) is 13.3 Å². The van der Waals surface area contributed by atoms with Gasteiger partial charge in [-0.1, -0.05) is 13.0 Å².